The van der Waals surface area contributed by atoms with Gasteiger partial charge in [-0.15, -0.1) is 0 Å². The van der Waals surface area contributed by atoms with Crippen LogP contribution in [0.1, 0.15) is 56.2 Å². The largest absolute Gasteiger partial charge is 0.480 e. The van der Waals surface area contributed by atoms with Crippen molar-refractivity contribution in [3.05, 3.63) is 68.5 Å². The van der Waals surface area contributed by atoms with Gasteiger partial charge in [-0.05, 0) is 37.3 Å². The molecule has 1 aromatic carbocycles. The van der Waals surface area contributed by atoms with Crippen molar-refractivity contribution < 1.29 is 52.8 Å². The minimum Gasteiger partial charge on any atom is -0.480 e. The van der Waals surface area contributed by atoms with Crippen LogP contribution in [-0.4, -0.2) is 133 Å². The van der Waals surface area contributed by atoms with Crippen molar-refractivity contribution in [3.8, 4) is 11.1 Å². The Hall–Kier alpha value is -5.50. The van der Waals surface area contributed by atoms with Gasteiger partial charge in [-0.25, -0.2) is 9.59 Å². The molecule has 1 aliphatic carbocycles. The molecular formula is C42H58N6O13. The van der Waals surface area contributed by atoms with E-state index in [2.05, 4.69) is 16.0 Å². The van der Waals surface area contributed by atoms with Gasteiger partial charge in [0.25, 0.3) is 17.4 Å². The van der Waals surface area contributed by atoms with E-state index in [9.17, 15) is 43.5 Å². The summed E-state index contributed by atoms with van der Waals surface area (Å²) >= 11 is 0. The van der Waals surface area contributed by atoms with Gasteiger partial charge >= 0.3 is 11.7 Å². The molecule has 0 unspecified atom stereocenters. The van der Waals surface area contributed by atoms with Crippen molar-refractivity contribution in [1.29, 1.82) is 0 Å². The summed E-state index contributed by atoms with van der Waals surface area (Å²) in [4.78, 5) is 99.4. The number of rotatable bonds is 27. The Morgan fingerprint density at radius 3 is 1.87 bits per heavy atom. The third-order valence-electron chi connectivity index (χ3n) is 10.8. The molecule has 334 valence electrons. The van der Waals surface area contributed by atoms with E-state index < -0.39 is 40.5 Å². The number of carboxylic acids is 1. The fourth-order valence-electron chi connectivity index (χ4n) is 7.15. The molecule has 1 aliphatic heterocycles. The molecule has 0 bridgehead atoms. The number of carbonyl (C=O) groups is 6. The molecule has 19 heteroatoms. The van der Waals surface area contributed by atoms with E-state index in [1.807, 2.05) is 0 Å². The van der Waals surface area contributed by atoms with Gasteiger partial charge in [0.1, 0.15) is 6.04 Å². The van der Waals surface area contributed by atoms with E-state index in [0.29, 0.717) is 74.7 Å². The van der Waals surface area contributed by atoms with Crippen molar-refractivity contribution in [2.24, 2.45) is 19.5 Å². The number of imide groups is 1. The minimum absolute atomic E-state index is 0.0181. The summed E-state index contributed by atoms with van der Waals surface area (Å²) < 4.78 is 24.3. The van der Waals surface area contributed by atoms with Crippen LogP contribution < -0.4 is 27.2 Å². The Morgan fingerprint density at radius 2 is 1.28 bits per heavy atom. The molecule has 61 heavy (non-hydrogen) atoms. The summed E-state index contributed by atoms with van der Waals surface area (Å²) in [6.45, 7) is 4.69. The van der Waals surface area contributed by atoms with Gasteiger partial charge in [0.05, 0.1) is 63.8 Å². The first-order chi connectivity index (χ1) is 29.2. The Balaban J connectivity index is 1.04. The smallest absolute Gasteiger partial charge is 0.330 e. The molecule has 2 heterocycles. The maximum absolute atomic E-state index is 13.6. The lowest BCUT2D eigenvalue weighted by Crippen LogP contribution is -2.49. The van der Waals surface area contributed by atoms with E-state index in [1.54, 1.807) is 38.2 Å². The van der Waals surface area contributed by atoms with Crippen LogP contribution in [0.5, 0.6) is 0 Å². The maximum atomic E-state index is 13.6. The molecule has 1 aromatic heterocycles. The van der Waals surface area contributed by atoms with Crippen LogP contribution in [-0.2, 0) is 68.2 Å². The second kappa shape index (κ2) is 24.1. The fraction of sp³-hybridized carbons (Fsp3) is 0.571. The lowest BCUT2D eigenvalue weighted by atomic mass is 9.81. The van der Waals surface area contributed by atoms with Crippen LogP contribution in [0.4, 0.5) is 0 Å². The number of ether oxygens (including phenoxy) is 4. The SMILES string of the molecule is Cc1c(-c2ccc(C[C@H](NC(=O)C3(CCNC(=O)CCOCCOCCOCCOCCNC(=O)CCN4C(=O)C=CC4=O)CCCC3)C(=O)O)cc2)c(=O)n(C)c(=O)n1C. The Kier molecular flexibility index (Phi) is 19.0. The minimum atomic E-state index is -1.19. The molecule has 1 atom stereocenters. The van der Waals surface area contributed by atoms with Crippen LogP contribution in [0.3, 0.4) is 0 Å². The number of hydrogen-bond donors (Lipinski definition) is 4. The van der Waals surface area contributed by atoms with Crippen LogP contribution in [0.15, 0.2) is 46.0 Å². The monoisotopic (exact) mass is 854 g/mol. The van der Waals surface area contributed by atoms with Crippen LogP contribution in [0.2, 0.25) is 0 Å². The van der Waals surface area contributed by atoms with Gasteiger partial charge in [-0.2, -0.15) is 0 Å². The average Bonchev–Trinajstić information content (AvgIpc) is 3.86. The van der Waals surface area contributed by atoms with E-state index in [0.717, 1.165) is 22.3 Å². The van der Waals surface area contributed by atoms with Gasteiger partial charge in [-0.3, -0.25) is 38.2 Å². The number of amides is 5. The molecule has 4 rings (SSSR count). The van der Waals surface area contributed by atoms with Crippen molar-refractivity contribution in [3.63, 3.8) is 0 Å². The number of nitrogens with zero attached hydrogens (tertiary/aromatic N) is 3. The van der Waals surface area contributed by atoms with E-state index in [-0.39, 0.29) is 76.4 Å². The third-order valence-corrected chi connectivity index (χ3v) is 10.8. The zero-order valence-electron chi connectivity index (χ0n) is 35.2. The summed E-state index contributed by atoms with van der Waals surface area (Å²) in [5.74, 6) is -2.88. The normalized spacial score (nSPS) is 15.0. The van der Waals surface area contributed by atoms with Crippen molar-refractivity contribution in [2.75, 3.05) is 72.5 Å². The summed E-state index contributed by atoms with van der Waals surface area (Å²) in [6.07, 6.45) is 5.70. The lowest BCUT2D eigenvalue weighted by Gasteiger charge is -2.29. The predicted octanol–water partition coefficient (Wildman–Crippen LogP) is 0.126. The molecule has 0 spiro atoms. The molecule has 0 saturated heterocycles. The quantitative estimate of drug-likeness (QED) is 0.0691. The Labute approximate surface area is 353 Å². The summed E-state index contributed by atoms with van der Waals surface area (Å²) in [5, 5.41) is 18.3. The van der Waals surface area contributed by atoms with Crippen molar-refractivity contribution in [2.45, 2.75) is 64.3 Å². The van der Waals surface area contributed by atoms with E-state index in [1.165, 1.54) is 23.8 Å². The highest BCUT2D eigenvalue weighted by molar-refractivity contribution is 6.13. The molecular weight excluding hydrogens is 796 g/mol. The van der Waals surface area contributed by atoms with E-state index in [4.69, 9.17) is 18.9 Å². The van der Waals surface area contributed by atoms with Gasteiger partial charge < -0.3 is 44.6 Å². The second-order valence-electron chi connectivity index (χ2n) is 15.0. The molecule has 4 N–H and O–H groups in total. The Morgan fingerprint density at radius 1 is 0.738 bits per heavy atom. The number of aromatic nitrogens is 2. The van der Waals surface area contributed by atoms with Gasteiger partial charge in [-0.1, -0.05) is 37.1 Å². The fourth-order valence-corrected chi connectivity index (χ4v) is 7.15. The number of nitrogens with one attached hydrogen (secondary N) is 3. The molecule has 19 nitrogen and oxygen atoms in total. The van der Waals surface area contributed by atoms with Crippen LogP contribution >= 0.6 is 0 Å². The summed E-state index contributed by atoms with van der Waals surface area (Å²) in [5.41, 5.74) is 0.463. The van der Waals surface area contributed by atoms with Gasteiger partial charge in [0, 0.05) is 70.8 Å². The average molecular weight is 855 g/mol. The first-order valence-electron chi connectivity index (χ1n) is 20.5. The maximum Gasteiger partial charge on any atom is 0.330 e. The van der Waals surface area contributed by atoms with Crippen LogP contribution in [0, 0.1) is 12.3 Å². The standard InChI is InChI=1S/C42H58N6O13/c1-29-37(38(53)47(3)41(57)46(29)2)31-8-6-30(7-9-31)28-32(39(54)55)45-40(56)42(14-4-5-15-42)16-17-43-34(50)13-20-58-22-24-60-26-27-61-25-23-59-21-18-44-33(49)12-19-48-35(51)10-11-36(48)52/h6-11,32H,4-5,12-28H2,1-3H3,(H,43,50)(H,44,49)(H,45,56)(H,54,55)/t32-/m0/s1. The molecule has 1 saturated carbocycles. The molecule has 2 aromatic rings. The highest BCUT2D eigenvalue weighted by Crippen LogP contribution is 2.41. The molecule has 1 fully saturated rings. The first-order valence-corrected chi connectivity index (χ1v) is 20.5. The first kappa shape index (κ1) is 48.2. The highest BCUT2D eigenvalue weighted by atomic mass is 16.6. The molecule has 2 aliphatic rings. The zero-order valence-corrected chi connectivity index (χ0v) is 35.2. The molecule has 0 radical (unpaired) electrons. The van der Waals surface area contributed by atoms with Crippen LogP contribution in [0.25, 0.3) is 11.1 Å². The summed E-state index contributed by atoms with van der Waals surface area (Å²) in [7, 11) is 3.00. The number of carbonyl (C=O) groups excluding carboxylic acids is 5. The number of carboxylic acid groups (broad SMARTS) is 1. The number of aliphatic carboxylic acids is 1. The lowest BCUT2D eigenvalue weighted by molar-refractivity contribution is -0.144. The van der Waals surface area contributed by atoms with Crippen molar-refractivity contribution in [1.82, 2.24) is 30.0 Å². The second-order valence-corrected chi connectivity index (χ2v) is 15.0. The zero-order chi connectivity index (χ0) is 44.4. The Bertz CT molecular complexity index is 1980. The highest BCUT2D eigenvalue weighted by Gasteiger charge is 2.42. The predicted molar refractivity (Wildman–Crippen MR) is 220 cm³/mol. The number of benzene rings is 1. The van der Waals surface area contributed by atoms with E-state index >= 15 is 0 Å². The molecule has 5 amide bonds. The van der Waals surface area contributed by atoms with Crippen molar-refractivity contribution >= 4 is 35.5 Å². The van der Waals surface area contributed by atoms with Gasteiger partial charge in [0.15, 0.2) is 0 Å². The topological polar surface area (TPSA) is 243 Å². The van der Waals surface area contributed by atoms with Gasteiger partial charge in [0.2, 0.25) is 17.7 Å². The summed E-state index contributed by atoms with van der Waals surface area (Å²) in [6, 6.07) is 5.64. The third kappa shape index (κ3) is 14.3. The number of hydrogen-bond acceptors (Lipinski definition) is 12.